The number of rotatable bonds is 1. The molecule has 3 aromatic rings. The number of imidazole rings is 1. The van der Waals surface area contributed by atoms with Crippen molar-refractivity contribution in [3.8, 4) is 11.4 Å². The second kappa shape index (κ2) is 4.09. The molecule has 4 heteroatoms. The summed E-state index contributed by atoms with van der Waals surface area (Å²) >= 11 is 0. The minimum atomic E-state index is -0.306. The Balaban J connectivity index is 2.28. The van der Waals surface area contributed by atoms with Gasteiger partial charge in [0.05, 0.1) is 5.52 Å². The monoisotopic (exact) mass is 255 g/mol. The Kier molecular flexibility index (Phi) is 2.52. The quantitative estimate of drug-likeness (QED) is 0.678. The molecule has 0 saturated carbocycles. The van der Waals surface area contributed by atoms with E-state index >= 15 is 0 Å². The lowest BCUT2D eigenvalue weighted by atomic mass is 10.1. The Labute approximate surface area is 110 Å². The van der Waals surface area contributed by atoms with Gasteiger partial charge in [0, 0.05) is 18.3 Å². The van der Waals surface area contributed by atoms with Crippen LogP contribution in [0.5, 0.6) is 0 Å². The van der Waals surface area contributed by atoms with E-state index in [0.29, 0.717) is 17.0 Å². The van der Waals surface area contributed by atoms with Crippen LogP contribution in [0.2, 0.25) is 0 Å². The van der Waals surface area contributed by atoms with Crippen LogP contribution in [0.25, 0.3) is 22.4 Å². The lowest BCUT2D eigenvalue weighted by molar-refractivity contribution is 0.637. The molecule has 0 fully saturated rings. The summed E-state index contributed by atoms with van der Waals surface area (Å²) in [7, 11) is 1.88. The number of aryl methyl sites for hydroxylation is 2. The first-order valence-corrected chi connectivity index (χ1v) is 6.05. The number of anilines is 1. The fourth-order valence-corrected chi connectivity index (χ4v) is 2.22. The standard InChI is InChI=1S/C15H14FN3/c1-9-6-7-10(8-12(9)17)15-18-14-11(16)4-3-5-13(14)19(15)2/h3-8H,17H2,1-2H3. The molecule has 0 bridgehead atoms. The predicted molar refractivity (Wildman–Crippen MR) is 75.3 cm³/mol. The second-order valence-corrected chi connectivity index (χ2v) is 4.67. The zero-order valence-corrected chi connectivity index (χ0v) is 10.8. The molecule has 0 radical (unpaired) electrons. The van der Waals surface area contributed by atoms with Crippen molar-refractivity contribution in [1.82, 2.24) is 9.55 Å². The average Bonchev–Trinajstić information content (AvgIpc) is 2.72. The molecule has 0 amide bonds. The Morgan fingerprint density at radius 1 is 1.21 bits per heavy atom. The van der Waals surface area contributed by atoms with Crippen molar-refractivity contribution < 1.29 is 4.39 Å². The van der Waals surface area contributed by atoms with Crippen LogP contribution in [0.1, 0.15) is 5.56 Å². The van der Waals surface area contributed by atoms with Gasteiger partial charge in [-0.25, -0.2) is 9.37 Å². The molecule has 0 saturated heterocycles. The van der Waals surface area contributed by atoms with Crippen LogP contribution in [0.4, 0.5) is 10.1 Å². The fraction of sp³-hybridized carbons (Fsp3) is 0.133. The van der Waals surface area contributed by atoms with E-state index in [-0.39, 0.29) is 5.82 Å². The van der Waals surface area contributed by atoms with E-state index < -0.39 is 0 Å². The molecule has 0 aliphatic heterocycles. The summed E-state index contributed by atoms with van der Waals surface area (Å²) < 4.78 is 15.6. The Morgan fingerprint density at radius 3 is 2.68 bits per heavy atom. The van der Waals surface area contributed by atoms with Crippen LogP contribution in [0.3, 0.4) is 0 Å². The largest absolute Gasteiger partial charge is 0.398 e. The van der Waals surface area contributed by atoms with Crippen molar-refractivity contribution >= 4 is 16.7 Å². The van der Waals surface area contributed by atoms with E-state index in [0.717, 1.165) is 16.6 Å². The third-order valence-electron chi connectivity index (χ3n) is 3.40. The van der Waals surface area contributed by atoms with Crippen LogP contribution in [0.15, 0.2) is 36.4 Å². The van der Waals surface area contributed by atoms with Gasteiger partial charge >= 0.3 is 0 Å². The molecule has 0 spiro atoms. The zero-order chi connectivity index (χ0) is 13.6. The molecule has 96 valence electrons. The van der Waals surface area contributed by atoms with Gasteiger partial charge in [0.2, 0.25) is 0 Å². The number of benzene rings is 2. The zero-order valence-electron chi connectivity index (χ0n) is 10.8. The summed E-state index contributed by atoms with van der Waals surface area (Å²) in [5.74, 6) is 0.409. The van der Waals surface area contributed by atoms with Gasteiger partial charge in [0.25, 0.3) is 0 Å². The topological polar surface area (TPSA) is 43.8 Å². The summed E-state index contributed by atoms with van der Waals surface area (Å²) in [5, 5.41) is 0. The third kappa shape index (κ3) is 1.76. The van der Waals surface area contributed by atoms with Crippen molar-refractivity contribution in [2.75, 3.05) is 5.73 Å². The lowest BCUT2D eigenvalue weighted by Gasteiger charge is -2.05. The van der Waals surface area contributed by atoms with E-state index in [1.54, 1.807) is 6.07 Å². The molecule has 1 aromatic heterocycles. The van der Waals surface area contributed by atoms with Gasteiger partial charge in [-0.2, -0.15) is 0 Å². The Bertz CT molecular complexity index is 774. The van der Waals surface area contributed by atoms with Crippen molar-refractivity contribution in [3.63, 3.8) is 0 Å². The first-order chi connectivity index (χ1) is 9.08. The van der Waals surface area contributed by atoms with Crippen molar-refractivity contribution in [2.24, 2.45) is 7.05 Å². The minimum absolute atomic E-state index is 0.306. The van der Waals surface area contributed by atoms with Gasteiger partial charge in [-0.15, -0.1) is 0 Å². The summed E-state index contributed by atoms with van der Waals surface area (Å²) in [6.45, 7) is 1.95. The molecule has 1 heterocycles. The summed E-state index contributed by atoms with van der Waals surface area (Å²) in [6, 6.07) is 10.7. The first kappa shape index (κ1) is 11.7. The average molecular weight is 255 g/mol. The van der Waals surface area contributed by atoms with Gasteiger partial charge < -0.3 is 10.3 Å². The maximum Gasteiger partial charge on any atom is 0.151 e. The highest BCUT2D eigenvalue weighted by Crippen LogP contribution is 2.27. The third-order valence-corrected chi connectivity index (χ3v) is 3.40. The number of fused-ring (bicyclic) bond motifs is 1. The normalized spacial score (nSPS) is 11.1. The van der Waals surface area contributed by atoms with Crippen LogP contribution >= 0.6 is 0 Å². The number of halogens is 1. The van der Waals surface area contributed by atoms with Gasteiger partial charge in [0.1, 0.15) is 11.3 Å². The maximum absolute atomic E-state index is 13.7. The first-order valence-electron chi connectivity index (χ1n) is 6.05. The Morgan fingerprint density at radius 2 is 2.00 bits per heavy atom. The van der Waals surface area contributed by atoms with Gasteiger partial charge in [0.15, 0.2) is 5.82 Å². The predicted octanol–water partition coefficient (Wildman–Crippen LogP) is 3.27. The molecule has 0 aliphatic carbocycles. The van der Waals surface area contributed by atoms with Gasteiger partial charge in [-0.05, 0) is 30.7 Å². The summed E-state index contributed by atoms with van der Waals surface area (Å²) in [4.78, 5) is 4.39. The fourth-order valence-electron chi connectivity index (χ4n) is 2.22. The van der Waals surface area contributed by atoms with E-state index in [9.17, 15) is 4.39 Å². The Hall–Kier alpha value is -2.36. The highest BCUT2D eigenvalue weighted by atomic mass is 19.1. The molecular weight excluding hydrogens is 241 g/mol. The molecule has 3 rings (SSSR count). The molecule has 3 nitrogen and oxygen atoms in total. The second-order valence-electron chi connectivity index (χ2n) is 4.67. The van der Waals surface area contributed by atoms with Crippen molar-refractivity contribution in [3.05, 3.63) is 47.8 Å². The maximum atomic E-state index is 13.7. The molecular formula is C15H14FN3. The van der Waals surface area contributed by atoms with Gasteiger partial charge in [-0.1, -0.05) is 18.2 Å². The number of hydrogen-bond donors (Lipinski definition) is 1. The summed E-state index contributed by atoms with van der Waals surface area (Å²) in [5.41, 5.74) is 9.71. The number of aromatic nitrogens is 2. The molecule has 0 atom stereocenters. The number of nitrogen functional groups attached to an aromatic ring is 1. The molecule has 2 aromatic carbocycles. The number of nitrogens with zero attached hydrogens (tertiary/aromatic N) is 2. The molecule has 0 aliphatic rings. The van der Waals surface area contributed by atoms with E-state index in [4.69, 9.17) is 5.73 Å². The van der Waals surface area contributed by atoms with Crippen LogP contribution in [-0.4, -0.2) is 9.55 Å². The minimum Gasteiger partial charge on any atom is -0.398 e. The lowest BCUT2D eigenvalue weighted by Crippen LogP contribution is -1.95. The SMILES string of the molecule is Cc1ccc(-c2nc3c(F)cccc3n2C)cc1N. The smallest absolute Gasteiger partial charge is 0.151 e. The van der Waals surface area contributed by atoms with Crippen molar-refractivity contribution in [2.45, 2.75) is 6.92 Å². The van der Waals surface area contributed by atoms with Crippen LogP contribution in [-0.2, 0) is 7.05 Å². The van der Waals surface area contributed by atoms with Crippen LogP contribution < -0.4 is 5.73 Å². The molecule has 0 unspecified atom stereocenters. The summed E-state index contributed by atoms with van der Waals surface area (Å²) in [6.07, 6.45) is 0. The van der Waals surface area contributed by atoms with E-state index in [2.05, 4.69) is 4.98 Å². The van der Waals surface area contributed by atoms with Gasteiger partial charge in [-0.3, -0.25) is 0 Å². The van der Waals surface area contributed by atoms with E-state index in [1.807, 2.05) is 42.8 Å². The number of nitrogens with two attached hydrogens (primary N) is 1. The number of para-hydroxylation sites is 1. The van der Waals surface area contributed by atoms with E-state index in [1.165, 1.54) is 6.07 Å². The highest BCUT2D eigenvalue weighted by molar-refractivity contribution is 5.81. The highest BCUT2D eigenvalue weighted by Gasteiger charge is 2.13. The number of hydrogen-bond acceptors (Lipinski definition) is 2. The molecule has 19 heavy (non-hydrogen) atoms. The van der Waals surface area contributed by atoms with Crippen molar-refractivity contribution in [1.29, 1.82) is 0 Å². The molecule has 2 N–H and O–H groups in total. The van der Waals surface area contributed by atoms with Crippen LogP contribution in [0, 0.1) is 12.7 Å².